The Morgan fingerprint density at radius 2 is 1.92 bits per heavy atom. The van der Waals surface area contributed by atoms with Crippen LogP contribution in [-0.2, 0) is 24.4 Å². The quantitative estimate of drug-likeness (QED) is 0.732. The van der Waals surface area contributed by atoms with Crippen LogP contribution in [0.5, 0.6) is 0 Å². The number of imidazole rings is 1. The average Bonchev–Trinajstić information content (AvgIpc) is 3.57. The van der Waals surface area contributed by atoms with Crippen molar-refractivity contribution in [3.05, 3.63) is 47.8 Å². The highest BCUT2D eigenvalue weighted by Crippen LogP contribution is 2.35. The third kappa shape index (κ3) is 3.84. The molecule has 5 rings (SSSR count). The molecule has 0 spiro atoms. The van der Waals surface area contributed by atoms with Gasteiger partial charge in [0, 0.05) is 50.6 Å². The van der Waals surface area contributed by atoms with Crippen LogP contribution in [0.25, 0.3) is 0 Å². The topological polar surface area (TPSA) is 43.2 Å². The minimum atomic E-state index is 0.419. The Kier molecular flexibility index (Phi) is 4.51. The van der Waals surface area contributed by atoms with Crippen LogP contribution in [0.2, 0.25) is 0 Å². The van der Waals surface area contributed by atoms with Crippen LogP contribution in [0.15, 0.2) is 30.7 Å². The highest BCUT2D eigenvalue weighted by atomic mass is 16.5. The summed E-state index contributed by atoms with van der Waals surface area (Å²) >= 11 is 0. The van der Waals surface area contributed by atoms with Gasteiger partial charge in [0.05, 0.1) is 24.3 Å². The van der Waals surface area contributed by atoms with Crippen LogP contribution < -0.4 is 0 Å². The number of aromatic nitrogens is 3. The third-order valence-electron chi connectivity index (χ3n) is 5.83. The van der Waals surface area contributed by atoms with Crippen molar-refractivity contribution in [2.45, 2.75) is 51.2 Å². The Balaban J connectivity index is 1.32. The summed E-state index contributed by atoms with van der Waals surface area (Å²) < 4.78 is 8.54. The van der Waals surface area contributed by atoms with Gasteiger partial charge in [-0.15, -0.1) is 0 Å². The lowest BCUT2D eigenvalue weighted by Crippen LogP contribution is -2.36. The van der Waals surface area contributed by atoms with Crippen molar-refractivity contribution >= 4 is 0 Å². The summed E-state index contributed by atoms with van der Waals surface area (Å²) in [7, 11) is 0. The van der Waals surface area contributed by atoms with Crippen molar-refractivity contribution in [2.24, 2.45) is 11.8 Å². The molecular weight excluding hydrogens is 324 g/mol. The van der Waals surface area contributed by atoms with Crippen molar-refractivity contribution in [2.75, 3.05) is 19.8 Å². The molecule has 0 aromatic carbocycles. The van der Waals surface area contributed by atoms with E-state index in [1.54, 1.807) is 0 Å². The predicted octanol–water partition coefficient (Wildman–Crippen LogP) is 3.21. The SMILES string of the molecule is c1ccc(CN2Cc3ncn(CC4CC4)c3[C@H](COCC3CC3)C2)nc1. The van der Waals surface area contributed by atoms with Crippen LogP contribution in [-0.4, -0.2) is 39.2 Å². The average molecular weight is 352 g/mol. The molecule has 0 radical (unpaired) electrons. The molecule has 0 saturated heterocycles. The summed E-state index contributed by atoms with van der Waals surface area (Å²) in [5.74, 6) is 2.11. The number of rotatable bonds is 8. The molecule has 0 N–H and O–H groups in total. The molecule has 0 unspecified atom stereocenters. The normalized spacial score (nSPS) is 23.2. The third-order valence-corrected chi connectivity index (χ3v) is 5.83. The monoisotopic (exact) mass is 352 g/mol. The van der Waals surface area contributed by atoms with Crippen molar-refractivity contribution < 1.29 is 4.74 Å². The number of hydrogen-bond acceptors (Lipinski definition) is 4. The molecule has 0 bridgehead atoms. The molecule has 3 heterocycles. The first-order valence-electron chi connectivity index (χ1n) is 10.1. The lowest BCUT2D eigenvalue weighted by molar-refractivity contribution is 0.0860. The van der Waals surface area contributed by atoms with E-state index in [0.29, 0.717) is 5.92 Å². The van der Waals surface area contributed by atoms with E-state index < -0.39 is 0 Å². The molecule has 2 fully saturated rings. The number of ether oxygens (including phenoxy) is 1. The van der Waals surface area contributed by atoms with Gasteiger partial charge in [-0.2, -0.15) is 0 Å². The maximum atomic E-state index is 6.11. The van der Waals surface area contributed by atoms with Gasteiger partial charge in [-0.05, 0) is 49.7 Å². The standard InChI is InChI=1S/C21H28N4O/c1-2-8-22-19(3-1)11-24-10-18(14-26-13-17-6-7-17)21-20(12-24)23-15-25(21)9-16-4-5-16/h1-3,8,15-18H,4-7,9-14H2/t18-/m0/s1. The van der Waals surface area contributed by atoms with Crippen LogP contribution >= 0.6 is 0 Å². The van der Waals surface area contributed by atoms with Gasteiger partial charge in [-0.25, -0.2) is 4.98 Å². The maximum absolute atomic E-state index is 6.11. The van der Waals surface area contributed by atoms with Gasteiger partial charge in [0.25, 0.3) is 0 Å². The minimum absolute atomic E-state index is 0.419. The number of fused-ring (bicyclic) bond motifs is 1. The summed E-state index contributed by atoms with van der Waals surface area (Å²) in [6, 6.07) is 6.16. The molecule has 5 heteroatoms. The zero-order valence-corrected chi connectivity index (χ0v) is 15.4. The van der Waals surface area contributed by atoms with E-state index in [4.69, 9.17) is 9.72 Å². The highest BCUT2D eigenvalue weighted by molar-refractivity contribution is 5.23. The maximum Gasteiger partial charge on any atom is 0.0952 e. The Labute approximate surface area is 155 Å². The Morgan fingerprint density at radius 1 is 1.04 bits per heavy atom. The molecule has 2 saturated carbocycles. The van der Waals surface area contributed by atoms with Gasteiger partial charge in [0.2, 0.25) is 0 Å². The van der Waals surface area contributed by atoms with E-state index >= 15 is 0 Å². The van der Waals surface area contributed by atoms with E-state index in [0.717, 1.165) is 56.9 Å². The molecular formula is C21H28N4O. The zero-order chi connectivity index (χ0) is 17.3. The molecule has 2 aliphatic carbocycles. The first-order valence-corrected chi connectivity index (χ1v) is 10.1. The zero-order valence-electron chi connectivity index (χ0n) is 15.4. The Hall–Kier alpha value is -1.72. The first kappa shape index (κ1) is 16.5. The second kappa shape index (κ2) is 7.12. The molecule has 0 amide bonds. The summed E-state index contributed by atoms with van der Waals surface area (Å²) in [5, 5.41) is 0. The van der Waals surface area contributed by atoms with E-state index in [9.17, 15) is 0 Å². The molecule has 1 aliphatic heterocycles. The molecule has 1 atom stereocenters. The number of nitrogens with zero attached hydrogens (tertiary/aromatic N) is 4. The fourth-order valence-electron chi connectivity index (χ4n) is 4.06. The molecule has 3 aliphatic rings. The van der Waals surface area contributed by atoms with Crippen molar-refractivity contribution in [1.82, 2.24) is 19.4 Å². The smallest absolute Gasteiger partial charge is 0.0952 e. The summed E-state index contributed by atoms with van der Waals surface area (Å²) in [5.41, 5.74) is 3.81. The summed E-state index contributed by atoms with van der Waals surface area (Å²) in [6.45, 7) is 5.73. The molecule has 2 aromatic heterocycles. The van der Waals surface area contributed by atoms with Crippen molar-refractivity contribution in [1.29, 1.82) is 0 Å². The number of pyridine rings is 1. The van der Waals surface area contributed by atoms with Gasteiger partial charge in [0.15, 0.2) is 0 Å². The molecule has 26 heavy (non-hydrogen) atoms. The van der Waals surface area contributed by atoms with Crippen LogP contribution in [0.4, 0.5) is 0 Å². The first-order chi connectivity index (χ1) is 12.8. The lowest BCUT2D eigenvalue weighted by atomic mass is 9.98. The lowest BCUT2D eigenvalue weighted by Gasteiger charge is -2.33. The summed E-state index contributed by atoms with van der Waals surface area (Å²) in [4.78, 5) is 11.8. The molecule has 2 aromatic rings. The molecule has 5 nitrogen and oxygen atoms in total. The van der Waals surface area contributed by atoms with E-state index in [-0.39, 0.29) is 0 Å². The predicted molar refractivity (Wildman–Crippen MR) is 99.6 cm³/mol. The molecule has 138 valence electrons. The van der Waals surface area contributed by atoms with Gasteiger partial charge < -0.3 is 9.30 Å². The van der Waals surface area contributed by atoms with Gasteiger partial charge in [0.1, 0.15) is 0 Å². The second-order valence-corrected chi connectivity index (χ2v) is 8.34. The van der Waals surface area contributed by atoms with E-state index in [1.807, 2.05) is 12.3 Å². The van der Waals surface area contributed by atoms with Crippen molar-refractivity contribution in [3.63, 3.8) is 0 Å². The largest absolute Gasteiger partial charge is 0.380 e. The van der Waals surface area contributed by atoms with E-state index in [1.165, 1.54) is 37.1 Å². The van der Waals surface area contributed by atoms with Crippen LogP contribution in [0.1, 0.15) is 48.7 Å². The fourth-order valence-corrected chi connectivity index (χ4v) is 4.06. The van der Waals surface area contributed by atoms with Gasteiger partial charge >= 0.3 is 0 Å². The fraction of sp³-hybridized carbons (Fsp3) is 0.619. The van der Waals surface area contributed by atoms with Gasteiger partial charge in [-0.1, -0.05) is 6.07 Å². The van der Waals surface area contributed by atoms with Crippen LogP contribution in [0.3, 0.4) is 0 Å². The van der Waals surface area contributed by atoms with Gasteiger partial charge in [-0.3, -0.25) is 9.88 Å². The minimum Gasteiger partial charge on any atom is -0.380 e. The Bertz CT molecular complexity index is 736. The van der Waals surface area contributed by atoms with Crippen LogP contribution in [0, 0.1) is 11.8 Å². The van der Waals surface area contributed by atoms with E-state index in [2.05, 4.69) is 32.9 Å². The second-order valence-electron chi connectivity index (χ2n) is 8.34. The summed E-state index contributed by atoms with van der Waals surface area (Å²) in [6.07, 6.45) is 9.40. The highest BCUT2D eigenvalue weighted by Gasteiger charge is 2.32. The number of hydrogen-bond donors (Lipinski definition) is 0. The van der Waals surface area contributed by atoms with Crippen molar-refractivity contribution in [3.8, 4) is 0 Å². The Morgan fingerprint density at radius 3 is 2.69 bits per heavy atom.